The number of benzene rings is 2. The Balaban J connectivity index is 2.61. The zero-order chi connectivity index (χ0) is 13.3. The number of hydrogen-bond acceptors (Lipinski definition) is 5. The normalized spacial score (nSPS) is 11.3. The summed E-state index contributed by atoms with van der Waals surface area (Å²) < 4.78 is 24.7. The lowest BCUT2D eigenvalue weighted by molar-refractivity contribution is 0.596. The van der Waals surface area contributed by atoms with E-state index in [2.05, 4.69) is 0 Å². The highest BCUT2D eigenvalue weighted by atomic mass is 32.2. The zero-order valence-electron chi connectivity index (χ0n) is 9.50. The highest BCUT2D eigenvalue weighted by Crippen LogP contribution is 2.27. The second-order valence-corrected chi connectivity index (χ2v) is 5.79. The van der Waals surface area contributed by atoms with Crippen molar-refractivity contribution in [2.75, 3.05) is 17.2 Å². The van der Waals surface area contributed by atoms with Gasteiger partial charge in [0.2, 0.25) is 9.84 Å². The van der Waals surface area contributed by atoms with Gasteiger partial charge in [0, 0.05) is 11.4 Å². The van der Waals surface area contributed by atoms with E-state index in [1.807, 2.05) is 0 Å². The molecule has 0 amide bonds. The number of nitrogen functional groups attached to an aromatic ring is 3. The molecular weight excluding hydrogens is 250 g/mol. The first-order valence-corrected chi connectivity index (χ1v) is 6.65. The molecule has 18 heavy (non-hydrogen) atoms. The zero-order valence-corrected chi connectivity index (χ0v) is 10.3. The summed E-state index contributed by atoms with van der Waals surface area (Å²) in [6.45, 7) is 0. The quantitative estimate of drug-likeness (QED) is 0.706. The minimum atomic E-state index is -3.67. The molecule has 5 nitrogen and oxygen atoms in total. The van der Waals surface area contributed by atoms with E-state index in [4.69, 9.17) is 17.2 Å². The van der Waals surface area contributed by atoms with Gasteiger partial charge in [-0.15, -0.1) is 0 Å². The van der Waals surface area contributed by atoms with Gasteiger partial charge in [0.1, 0.15) is 0 Å². The molecule has 6 heteroatoms. The molecule has 0 unspecified atom stereocenters. The van der Waals surface area contributed by atoms with Crippen LogP contribution in [-0.2, 0) is 9.84 Å². The van der Waals surface area contributed by atoms with Crippen LogP contribution in [0.25, 0.3) is 0 Å². The van der Waals surface area contributed by atoms with E-state index in [1.54, 1.807) is 6.07 Å². The molecule has 0 aromatic heterocycles. The van der Waals surface area contributed by atoms with Gasteiger partial charge in [0.05, 0.1) is 15.5 Å². The molecule has 2 aromatic rings. The van der Waals surface area contributed by atoms with Crippen molar-refractivity contribution in [3.8, 4) is 0 Å². The molecule has 94 valence electrons. The van der Waals surface area contributed by atoms with E-state index < -0.39 is 9.84 Å². The van der Waals surface area contributed by atoms with Crippen molar-refractivity contribution in [2.45, 2.75) is 9.79 Å². The van der Waals surface area contributed by atoms with Crippen LogP contribution >= 0.6 is 0 Å². The molecule has 0 saturated heterocycles. The average molecular weight is 263 g/mol. The van der Waals surface area contributed by atoms with Gasteiger partial charge in [-0.05, 0) is 42.5 Å². The van der Waals surface area contributed by atoms with Crippen LogP contribution in [0.5, 0.6) is 0 Å². The highest BCUT2D eigenvalue weighted by Gasteiger charge is 2.20. The Morgan fingerprint density at radius 2 is 1.33 bits per heavy atom. The number of anilines is 3. The van der Waals surface area contributed by atoms with E-state index in [1.165, 1.54) is 36.4 Å². The van der Waals surface area contributed by atoms with Gasteiger partial charge >= 0.3 is 0 Å². The van der Waals surface area contributed by atoms with Crippen molar-refractivity contribution < 1.29 is 8.42 Å². The lowest BCUT2D eigenvalue weighted by Gasteiger charge is -2.08. The third kappa shape index (κ3) is 2.10. The maximum absolute atomic E-state index is 12.3. The van der Waals surface area contributed by atoms with Gasteiger partial charge in [-0.1, -0.05) is 0 Å². The first-order chi connectivity index (χ1) is 8.41. The third-order valence-corrected chi connectivity index (χ3v) is 4.34. The minimum absolute atomic E-state index is 0.00673. The molecule has 0 radical (unpaired) electrons. The van der Waals surface area contributed by atoms with Gasteiger partial charge in [0.15, 0.2) is 0 Å². The maximum atomic E-state index is 12.3. The number of rotatable bonds is 2. The van der Waals surface area contributed by atoms with Crippen LogP contribution in [0.2, 0.25) is 0 Å². The molecule has 0 atom stereocenters. The van der Waals surface area contributed by atoms with Crippen LogP contribution in [0.15, 0.2) is 52.3 Å². The Morgan fingerprint density at radius 1 is 0.778 bits per heavy atom. The fourth-order valence-corrected chi connectivity index (χ4v) is 2.98. The van der Waals surface area contributed by atoms with E-state index in [0.717, 1.165) is 0 Å². The van der Waals surface area contributed by atoms with Crippen molar-refractivity contribution in [3.63, 3.8) is 0 Å². The molecule has 0 spiro atoms. The van der Waals surface area contributed by atoms with Gasteiger partial charge < -0.3 is 17.2 Å². The van der Waals surface area contributed by atoms with Crippen LogP contribution in [0.4, 0.5) is 17.1 Å². The predicted molar refractivity (Wildman–Crippen MR) is 71.6 cm³/mol. The Labute approximate surface area is 105 Å². The molecule has 0 aliphatic heterocycles. The number of sulfone groups is 1. The summed E-state index contributed by atoms with van der Waals surface area (Å²) in [6, 6.07) is 10.3. The average Bonchev–Trinajstić information content (AvgIpc) is 2.32. The predicted octanol–water partition coefficient (Wildman–Crippen LogP) is 1.27. The van der Waals surface area contributed by atoms with Crippen molar-refractivity contribution >= 4 is 26.9 Å². The van der Waals surface area contributed by atoms with E-state index in [9.17, 15) is 8.42 Å². The third-order valence-electron chi connectivity index (χ3n) is 2.52. The van der Waals surface area contributed by atoms with Crippen LogP contribution in [-0.4, -0.2) is 8.42 Å². The van der Waals surface area contributed by atoms with Gasteiger partial charge in [0.25, 0.3) is 0 Å². The second kappa shape index (κ2) is 4.23. The molecule has 0 aliphatic carbocycles. The van der Waals surface area contributed by atoms with Crippen molar-refractivity contribution in [2.24, 2.45) is 0 Å². The van der Waals surface area contributed by atoms with Crippen LogP contribution < -0.4 is 17.2 Å². The summed E-state index contributed by atoms with van der Waals surface area (Å²) in [7, 11) is -3.67. The van der Waals surface area contributed by atoms with Crippen LogP contribution in [0, 0.1) is 0 Å². The highest BCUT2D eigenvalue weighted by molar-refractivity contribution is 7.91. The van der Waals surface area contributed by atoms with Gasteiger partial charge in [-0.3, -0.25) is 0 Å². The van der Waals surface area contributed by atoms with Gasteiger partial charge in [-0.25, -0.2) is 8.42 Å². The molecule has 6 N–H and O–H groups in total. The molecule has 2 rings (SSSR count). The maximum Gasteiger partial charge on any atom is 0.208 e. The summed E-state index contributed by atoms with van der Waals surface area (Å²) in [5, 5.41) is 0. The Kier molecular flexibility index (Phi) is 2.88. The summed E-state index contributed by atoms with van der Waals surface area (Å²) in [6.07, 6.45) is 0. The fourth-order valence-electron chi connectivity index (χ4n) is 1.56. The standard InChI is InChI=1S/C12H13N3O2S/c13-8-1-4-10(5-2-8)18(16,17)12-7-9(14)3-6-11(12)15/h1-7H,13-15H2. The molecular formula is C12H13N3O2S. The van der Waals surface area contributed by atoms with Crippen molar-refractivity contribution in [1.82, 2.24) is 0 Å². The molecule has 2 aromatic carbocycles. The summed E-state index contributed by atoms with van der Waals surface area (Å²) in [5.41, 5.74) is 17.8. The lowest BCUT2D eigenvalue weighted by Crippen LogP contribution is -2.06. The second-order valence-electron chi connectivity index (χ2n) is 3.87. The topological polar surface area (TPSA) is 112 Å². The smallest absolute Gasteiger partial charge is 0.208 e. The molecule has 0 heterocycles. The Hall–Kier alpha value is -2.21. The molecule has 0 aliphatic rings. The summed E-state index contributed by atoms with van der Waals surface area (Å²) in [5.74, 6) is 0. The molecule has 0 fully saturated rings. The SMILES string of the molecule is Nc1ccc(S(=O)(=O)c2cc(N)ccc2N)cc1. The fraction of sp³-hybridized carbons (Fsp3) is 0. The molecule has 0 bridgehead atoms. The number of nitrogens with two attached hydrogens (primary N) is 3. The lowest BCUT2D eigenvalue weighted by atomic mass is 10.3. The summed E-state index contributed by atoms with van der Waals surface area (Å²) in [4.78, 5) is 0.140. The largest absolute Gasteiger partial charge is 0.399 e. The van der Waals surface area contributed by atoms with E-state index in [-0.39, 0.29) is 15.5 Å². The first kappa shape index (κ1) is 12.3. The van der Waals surface area contributed by atoms with Crippen molar-refractivity contribution in [1.29, 1.82) is 0 Å². The molecule has 0 saturated carbocycles. The monoisotopic (exact) mass is 263 g/mol. The first-order valence-electron chi connectivity index (χ1n) is 5.17. The Bertz CT molecular complexity index is 679. The van der Waals surface area contributed by atoms with Crippen LogP contribution in [0.1, 0.15) is 0 Å². The van der Waals surface area contributed by atoms with Crippen molar-refractivity contribution in [3.05, 3.63) is 42.5 Å². The van der Waals surface area contributed by atoms with E-state index >= 15 is 0 Å². The van der Waals surface area contributed by atoms with Gasteiger partial charge in [-0.2, -0.15) is 0 Å². The summed E-state index contributed by atoms with van der Waals surface area (Å²) >= 11 is 0. The minimum Gasteiger partial charge on any atom is -0.399 e. The number of hydrogen-bond donors (Lipinski definition) is 3. The van der Waals surface area contributed by atoms with E-state index in [0.29, 0.717) is 11.4 Å². The Morgan fingerprint density at radius 3 is 1.94 bits per heavy atom. The van der Waals surface area contributed by atoms with Crippen LogP contribution in [0.3, 0.4) is 0 Å².